The molecule has 0 spiro atoms. The summed E-state index contributed by atoms with van der Waals surface area (Å²) in [6, 6.07) is 2.56. The SMILES string of the molecule is COC(=O)N[C@H](C(=O)N1CCC[C@H]1c1ncc(C#CC#Cc2ccc(-c3cnc([C@@H]4CCCN4C(=O)[C@@H](NC(=O)OC)C(C)C)[nH]3)cc2F)[nH]1)C(C)C.Cl.Cl. The minimum atomic E-state index is -0.746. The van der Waals surface area contributed by atoms with E-state index >= 15 is 4.39 Å². The topological polar surface area (TPSA) is 175 Å². The van der Waals surface area contributed by atoms with Gasteiger partial charge in [0, 0.05) is 18.7 Å². The third-order valence-corrected chi connectivity index (χ3v) is 9.41. The predicted molar refractivity (Wildman–Crippen MR) is 207 cm³/mol. The summed E-state index contributed by atoms with van der Waals surface area (Å²) in [5.41, 5.74) is 1.81. The Labute approximate surface area is 332 Å². The average molecular weight is 802 g/mol. The maximum atomic E-state index is 15.2. The minimum Gasteiger partial charge on any atom is -0.453 e. The van der Waals surface area contributed by atoms with Crippen LogP contribution in [-0.4, -0.2) is 93.1 Å². The van der Waals surface area contributed by atoms with E-state index in [-0.39, 0.29) is 66.1 Å². The number of carbonyl (C=O) groups is 4. The number of methoxy groups -OCH3 is 2. The van der Waals surface area contributed by atoms with Crippen molar-refractivity contribution in [3.8, 4) is 34.9 Å². The van der Waals surface area contributed by atoms with Crippen molar-refractivity contribution in [2.75, 3.05) is 27.3 Å². The van der Waals surface area contributed by atoms with Gasteiger partial charge in [0.1, 0.15) is 35.2 Å². The number of aromatic amines is 2. The molecule has 5 rings (SSSR count). The van der Waals surface area contributed by atoms with Gasteiger partial charge in [-0.1, -0.05) is 33.8 Å². The number of carbonyl (C=O) groups excluding carboxylic acids is 4. The van der Waals surface area contributed by atoms with Crippen molar-refractivity contribution >= 4 is 48.8 Å². The first kappa shape index (κ1) is 44.1. The molecule has 2 aliphatic rings. The van der Waals surface area contributed by atoms with E-state index < -0.39 is 30.1 Å². The van der Waals surface area contributed by atoms with Gasteiger partial charge in [-0.05, 0) is 73.3 Å². The van der Waals surface area contributed by atoms with Crippen LogP contribution in [0.25, 0.3) is 11.3 Å². The van der Waals surface area contributed by atoms with E-state index in [9.17, 15) is 19.2 Å². The number of halogens is 3. The summed E-state index contributed by atoms with van der Waals surface area (Å²) in [6.07, 6.45) is 4.80. The zero-order valence-electron chi connectivity index (χ0n) is 31.5. The van der Waals surface area contributed by atoms with Crippen molar-refractivity contribution < 1.29 is 33.0 Å². The van der Waals surface area contributed by atoms with Crippen molar-refractivity contribution in [1.29, 1.82) is 0 Å². The van der Waals surface area contributed by atoms with Gasteiger partial charge in [0.15, 0.2) is 0 Å². The summed E-state index contributed by atoms with van der Waals surface area (Å²) in [5, 5.41) is 5.27. The molecule has 2 saturated heterocycles. The molecule has 0 saturated carbocycles. The van der Waals surface area contributed by atoms with Crippen molar-refractivity contribution in [3.05, 3.63) is 59.3 Å². The van der Waals surface area contributed by atoms with Gasteiger partial charge >= 0.3 is 12.2 Å². The lowest BCUT2D eigenvalue weighted by molar-refractivity contribution is -0.136. The first-order valence-electron chi connectivity index (χ1n) is 17.6. The van der Waals surface area contributed by atoms with Gasteiger partial charge in [0.05, 0.1) is 50.0 Å². The van der Waals surface area contributed by atoms with Gasteiger partial charge in [0.25, 0.3) is 0 Å². The second kappa shape index (κ2) is 19.9. The first-order chi connectivity index (χ1) is 25.4. The number of alkyl carbamates (subject to hydrolysis) is 2. The molecule has 296 valence electrons. The minimum absolute atomic E-state index is 0. The Morgan fingerprint density at radius 2 is 1.31 bits per heavy atom. The smallest absolute Gasteiger partial charge is 0.407 e. The third kappa shape index (κ3) is 10.5. The monoisotopic (exact) mass is 800 g/mol. The number of amides is 4. The highest BCUT2D eigenvalue weighted by atomic mass is 35.5. The number of benzene rings is 1. The van der Waals surface area contributed by atoms with E-state index in [4.69, 9.17) is 9.47 Å². The molecule has 4 heterocycles. The summed E-state index contributed by atoms with van der Waals surface area (Å²) in [6.45, 7) is 8.48. The number of hydrogen-bond donors (Lipinski definition) is 4. The lowest BCUT2D eigenvalue weighted by Gasteiger charge is -2.30. The zero-order valence-corrected chi connectivity index (χ0v) is 33.2. The molecule has 0 bridgehead atoms. The van der Waals surface area contributed by atoms with E-state index in [1.807, 2.05) is 27.7 Å². The van der Waals surface area contributed by atoms with Crippen molar-refractivity contribution in [1.82, 2.24) is 40.4 Å². The molecule has 0 unspecified atom stereocenters. The number of aromatic nitrogens is 4. The fourth-order valence-corrected chi connectivity index (χ4v) is 6.59. The summed E-state index contributed by atoms with van der Waals surface area (Å²) >= 11 is 0. The molecule has 0 aliphatic carbocycles. The van der Waals surface area contributed by atoms with Crippen LogP contribution in [-0.2, 0) is 19.1 Å². The van der Waals surface area contributed by atoms with Gasteiger partial charge in [0.2, 0.25) is 11.8 Å². The Hall–Kier alpha value is -5.25. The summed E-state index contributed by atoms with van der Waals surface area (Å²) in [7, 11) is 2.51. The van der Waals surface area contributed by atoms with Crippen LogP contribution in [0.3, 0.4) is 0 Å². The Balaban J connectivity index is 0.00000406. The molecule has 3 aromatic rings. The number of H-pyrrole nitrogens is 2. The molecule has 2 aromatic heterocycles. The van der Waals surface area contributed by atoms with Crippen LogP contribution in [0.15, 0.2) is 30.6 Å². The number of imidazole rings is 2. The zero-order chi connectivity index (χ0) is 38.2. The normalized spacial score (nSPS) is 17.1. The molecular weight excluding hydrogens is 754 g/mol. The predicted octanol–water partition coefficient (Wildman–Crippen LogP) is 5.27. The number of ether oxygens (including phenoxy) is 2. The maximum Gasteiger partial charge on any atom is 0.407 e. The van der Waals surface area contributed by atoms with Crippen LogP contribution in [0.2, 0.25) is 0 Å². The summed E-state index contributed by atoms with van der Waals surface area (Å²) in [5.74, 6) is 11.0. The van der Waals surface area contributed by atoms with Crippen molar-refractivity contribution in [2.45, 2.75) is 77.5 Å². The molecule has 0 radical (unpaired) electrons. The summed E-state index contributed by atoms with van der Waals surface area (Å²) in [4.78, 5) is 69.3. The molecule has 4 amide bonds. The number of rotatable bonds is 9. The molecule has 1 aromatic carbocycles. The van der Waals surface area contributed by atoms with Gasteiger partial charge in [-0.2, -0.15) is 0 Å². The number of nitrogens with zero attached hydrogens (tertiary/aromatic N) is 4. The molecule has 2 aliphatic heterocycles. The lowest BCUT2D eigenvalue weighted by Crippen LogP contribution is -2.51. The summed E-state index contributed by atoms with van der Waals surface area (Å²) < 4.78 is 24.6. The molecule has 55 heavy (non-hydrogen) atoms. The quantitative estimate of drug-likeness (QED) is 0.212. The fourth-order valence-electron chi connectivity index (χ4n) is 6.59. The van der Waals surface area contributed by atoms with Crippen LogP contribution in [0.4, 0.5) is 14.0 Å². The second-order valence-electron chi connectivity index (χ2n) is 13.7. The van der Waals surface area contributed by atoms with Crippen molar-refractivity contribution in [2.24, 2.45) is 11.8 Å². The van der Waals surface area contributed by atoms with Gasteiger partial charge in [-0.25, -0.2) is 23.9 Å². The van der Waals surface area contributed by atoms with E-state index in [0.29, 0.717) is 54.5 Å². The van der Waals surface area contributed by atoms with E-state index in [1.165, 1.54) is 20.3 Å². The fraction of sp³-hybridized carbons (Fsp3) is 0.474. The standard InChI is InChI=1S/C38H45FN8O6.2ClH/c1-22(2)31(44-37(50)52-5)35(48)46-17-9-13-29(46)33-40-20-26(42-33)12-8-7-11-24-15-16-25(19-27(24)39)28-21-41-34(43-28)30-14-10-18-47(30)36(49)32(23(3)4)45-38(51)53-6;;/h15-16,19-23,29-32H,9-10,13-14,17-18H2,1-6H3,(H,40,42)(H,41,43)(H,44,50)(H,45,51);2*1H/t29-,30-,31-,32-;;/m0../s1. The van der Waals surface area contributed by atoms with E-state index in [1.54, 1.807) is 34.3 Å². The number of nitrogens with one attached hydrogen (secondary N) is 4. The second-order valence-corrected chi connectivity index (χ2v) is 13.7. The van der Waals surface area contributed by atoms with Crippen LogP contribution in [0.5, 0.6) is 0 Å². The molecule has 14 nitrogen and oxygen atoms in total. The Bertz CT molecular complexity index is 1960. The van der Waals surface area contributed by atoms with Gasteiger partial charge < -0.3 is 39.9 Å². The Morgan fingerprint density at radius 1 is 0.800 bits per heavy atom. The molecule has 17 heteroatoms. The highest BCUT2D eigenvalue weighted by Crippen LogP contribution is 2.33. The molecule has 4 N–H and O–H groups in total. The maximum absolute atomic E-state index is 15.2. The van der Waals surface area contributed by atoms with Gasteiger partial charge in [-0.15, -0.1) is 24.8 Å². The first-order valence-corrected chi connectivity index (χ1v) is 17.6. The Kier molecular flexibility index (Phi) is 16.0. The highest BCUT2D eigenvalue weighted by Gasteiger charge is 2.39. The van der Waals surface area contributed by atoms with Gasteiger partial charge in [-0.3, -0.25) is 9.59 Å². The van der Waals surface area contributed by atoms with Crippen LogP contribution < -0.4 is 10.6 Å². The van der Waals surface area contributed by atoms with Crippen molar-refractivity contribution in [3.63, 3.8) is 0 Å². The number of likely N-dealkylation sites (tertiary alicyclic amines) is 2. The van der Waals surface area contributed by atoms with E-state index in [2.05, 4.69) is 54.3 Å². The average Bonchev–Trinajstić information content (AvgIpc) is 3.97. The van der Waals surface area contributed by atoms with Crippen LogP contribution in [0.1, 0.15) is 88.4 Å². The molecular formula is C38H47Cl2FN8O6. The lowest BCUT2D eigenvalue weighted by atomic mass is 10.0. The van der Waals surface area contributed by atoms with E-state index in [0.717, 1.165) is 12.8 Å². The molecule has 2 fully saturated rings. The third-order valence-electron chi connectivity index (χ3n) is 9.41. The largest absolute Gasteiger partial charge is 0.453 e. The number of hydrogen-bond acceptors (Lipinski definition) is 8. The highest BCUT2D eigenvalue weighted by molar-refractivity contribution is 5.87. The molecule has 4 atom stereocenters. The Morgan fingerprint density at radius 3 is 1.82 bits per heavy atom. The van der Waals surface area contributed by atoms with Crippen LogP contribution in [0, 0.1) is 41.3 Å². The van der Waals surface area contributed by atoms with Crippen LogP contribution >= 0.6 is 24.8 Å².